The SMILES string of the molecule is CNc1nc(Cl)nc(N2CCN(c3nccs3)CC2)n1. The van der Waals surface area contributed by atoms with Crippen LogP contribution in [0.1, 0.15) is 0 Å². The van der Waals surface area contributed by atoms with Gasteiger partial charge >= 0.3 is 0 Å². The predicted molar refractivity (Wildman–Crippen MR) is 80.9 cm³/mol. The quantitative estimate of drug-likeness (QED) is 0.917. The van der Waals surface area contributed by atoms with Crippen LogP contribution in [0.2, 0.25) is 5.28 Å². The number of nitrogens with zero attached hydrogens (tertiary/aromatic N) is 6. The fraction of sp³-hybridized carbons (Fsp3) is 0.455. The zero-order valence-electron chi connectivity index (χ0n) is 11.0. The molecule has 3 rings (SSSR count). The summed E-state index contributed by atoms with van der Waals surface area (Å²) in [6, 6.07) is 0. The number of hydrogen-bond acceptors (Lipinski definition) is 8. The highest BCUT2D eigenvalue weighted by Crippen LogP contribution is 2.21. The van der Waals surface area contributed by atoms with Crippen molar-refractivity contribution in [2.45, 2.75) is 0 Å². The van der Waals surface area contributed by atoms with Crippen molar-refractivity contribution in [3.8, 4) is 0 Å². The van der Waals surface area contributed by atoms with Crippen molar-refractivity contribution in [2.75, 3.05) is 48.3 Å². The number of anilines is 3. The van der Waals surface area contributed by atoms with Crippen LogP contribution in [0.3, 0.4) is 0 Å². The van der Waals surface area contributed by atoms with Crippen molar-refractivity contribution in [2.24, 2.45) is 0 Å². The maximum Gasteiger partial charge on any atom is 0.231 e. The molecule has 1 saturated heterocycles. The molecule has 1 N–H and O–H groups in total. The molecule has 9 heteroatoms. The molecule has 0 spiro atoms. The van der Waals surface area contributed by atoms with Crippen molar-refractivity contribution in [1.82, 2.24) is 19.9 Å². The lowest BCUT2D eigenvalue weighted by atomic mass is 10.3. The van der Waals surface area contributed by atoms with E-state index in [0.717, 1.165) is 31.3 Å². The van der Waals surface area contributed by atoms with E-state index in [-0.39, 0.29) is 5.28 Å². The summed E-state index contributed by atoms with van der Waals surface area (Å²) in [7, 11) is 1.76. The second-order valence-corrected chi connectivity index (χ2v) is 5.48. The normalized spacial score (nSPS) is 15.5. The van der Waals surface area contributed by atoms with Gasteiger partial charge in [0, 0.05) is 44.8 Å². The van der Waals surface area contributed by atoms with Crippen LogP contribution in [0.4, 0.5) is 17.0 Å². The first kappa shape index (κ1) is 13.3. The summed E-state index contributed by atoms with van der Waals surface area (Å²) in [6.45, 7) is 3.46. The van der Waals surface area contributed by atoms with E-state index in [0.29, 0.717) is 11.9 Å². The van der Waals surface area contributed by atoms with Crippen molar-refractivity contribution < 1.29 is 0 Å². The van der Waals surface area contributed by atoms with Crippen LogP contribution >= 0.6 is 22.9 Å². The molecular formula is C11H14ClN7S. The summed E-state index contributed by atoms with van der Waals surface area (Å²) in [5.74, 6) is 1.11. The van der Waals surface area contributed by atoms with Crippen molar-refractivity contribution in [3.63, 3.8) is 0 Å². The smallest absolute Gasteiger partial charge is 0.231 e. The van der Waals surface area contributed by atoms with E-state index in [9.17, 15) is 0 Å². The Morgan fingerprint density at radius 1 is 1.15 bits per heavy atom. The Bertz CT molecular complexity index is 568. The Balaban J connectivity index is 1.70. The summed E-state index contributed by atoms with van der Waals surface area (Å²) in [5, 5.41) is 6.15. The van der Waals surface area contributed by atoms with Crippen LogP contribution in [0.15, 0.2) is 11.6 Å². The maximum atomic E-state index is 5.91. The molecule has 0 unspecified atom stereocenters. The lowest BCUT2D eigenvalue weighted by Gasteiger charge is -2.34. The Hall–Kier alpha value is -1.67. The molecule has 2 aromatic heterocycles. The minimum Gasteiger partial charge on any atom is -0.357 e. The summed E-state index contributed by atoms with van der Waals surface area (Å²) in [5.41, 5.74) is 0. The minimum atomic E-state index is 0.210. The van der Waals surface area contributed by atoms with Gasteiger partial charge in [-0.15, -0.1) is 11.3 Å². The molecule has 3 heterocycles. The lowest BCUT2D eigenvalue weighted by Crippen LogP contribution is -2.47. The number of aromatic nitrogens is 4. The van der Waals surface area contributed by atoms with E-state index in [4.69, 9.17) is 11.6 Å². The van der Waals surface area contributed by atoms with E-state index in [1.807, 2.05) is 11.6 Å². The molecule has 0 atom stereocenters. The first-order valence-corrected chi connectivity index (χ1v) is 7.51. The molecule has 1 aliphatic rings. The second kappa shape index (κ2) is 5.76. The monoisotopic (exact) mass is 311 g/mol. The van der Waals surface area contributed by atoms with E-state index < -0.39 is 0 Å². The molecule has 1 fully saturated rings. The minimum absolute atomic E-state index is 0.210. The first-order valence-electron chi connectivity index (χ1n) is 6.25. The predicted octanol–water partition coefficient (Wildman–Crippen LogP) is 1.35. The van der Waals surface area contributed by atoms with Gasteiger partial charge in [0.1, 0.15) is 0 Å². The molecule has 0 bridgehead atoms. The van der Waals surface area contributed by atoms with Gasteiger partial charge in [-0.3, -0.25) is 0 Å². The summed E-state index contributed by atoms with van der Waals surface area (Å²) in [4.78, 5) is 21.2. The van der Waals surface area contributed by atoms with Gasteiger partial charge in [0.05, 0.1) is 0 Å². The van der Waals surface area contributed by atoms with Crippen molar-refractivity contribution in [3.05, 3.63) is 16.9 Å². The number of thiazole rings is 1. The zero-order valence-corrected chi connectivity index (χ0v) is 12.5. The summed E-state index contributed by atoms with van der Waals surface area (Å²) >= 11 is 7.57. The average Bonchev–Trinajstić information content (AvgIpc) is 3.01. The average molecular weight is 312 g/mol. The Labute approximate surface area is 125 Å². The highest BCUT2D eigenvalue weighted by atomic mass is 35.5. The molecule has 2 aromatic rings. The maximum absolute atomic E-state index is 5.91. The standard InChI is InChI=1S/C11H14ClN7S/c1-13-9-15-8(12)16-10(17-9)18-3-5-19(6-4-18)11-14-2-7-20-11/h2,7H,3-6H2,1H3,(H,13,15,16,17). The van der Waals surface area contributed by atoms with Gasteiger partial charge in [0.15, 0.2) is 5.13 Å². The van der Waals surface area contributed by atoms with Gasteiger partial charge in [0.25, 0.3) is 0 Å². The molecule has 7 nitrogen and oxygen atoms in total. The van der Waals surface area contributed by atoms with Gasteiger partial charge in [0.2, 0.25) is 17.2 Å². The number of rotatable bonds is 3. The Morgan fingerprint density at radius 3 is 2.55 bits per heavy atom. The highest BCUT2D eigenvalue weighted by molar-refractivity contribution is 7.13. The Morgan fingerprint density at radius 2 is 1.90 bits per heavy atom. The third-order valence-corrected chi connectivity index (χ3v) is 4.07. The lowest BCUT2D eigenvalue weighted by molar-refractivity contribution is 0.637. The van der Waals surface area contributed by atoms with E-state index in [1.165, 1.54) is 0 Å². The van der Waals surface area contributed by atoms with E-state index in [2.05, 4.69) is 35.1 Å². The van der Waals surface area contributed by atoms with Crippen LogP contribution in [0, 0.1) is 0 Å². The van der Waals surface area contributed by atoms with Crippen LogP contribution in [0.5, 0.6) is 0 Å². The Kier molecular flexibility index (Phi) is 3.83. The van der Waals surface area contributed by atoms with E-state index >= 15 is 0 Å². The topological polar surface area (TPSA) is 70.1 Å². The molecule has 20 heavy (non-hydrogen) atoms. The first-order chi connectivity index (χ1) is 9.76. The third-order valence-electron chi connectivity index (χ3n) is 3.07. The van der Waals surface area contributed by atoms with Crippen LogP contribution < -0.4 is 15.1 Å². The second-order valence-electron chi connectivity index (χ2n) is 4.27. The zero-order chi connectivity index (χ0) is 13.9. The highest BCUT2D eigenvalue weighted by Gasteiger charge is 2.21. The van der Waals surface area contributed by atoms with Crippen LogP contribution in [-0.4, -0.2) is 53.2 Å². The molecule has 0 saturated carbocycles. The van der Waals surface area contributed by atoms with Gasteiger partial charge in [-0.2, -0.15) is 15.0 Å². The largest absolute Gasteiger partial charge is 0.357 e. The third kappa shape index (κ3) is 2.75. The van der Waals surface area contributed by atoms with Crippen molar-refractivity contribution in [1.29, 1.82) is 0 Å². The van der Waals surface area contributed by atoms with Crippen LogP contribution in [0.25, 0.3) is 0 Å². The summed E-state index contributed by atoms with van der Waals surface area (Å²) in [6.07, 6.45) is 1.83. The van der Waals surface area contributed by atoms with Gasteiger partial charge in [-0.25, -0.2) is 4.98 Å². The number of halogens is 1. The van der Waals surface area contributed by atoms with Crippen LogP contribution in [-0.2, 0) is 0 Å². The number of hydrogen-bond donors (Lipinski definition) is 1. The molecule has 0 aliphatic carbocycles. The molecule has 0 radical (unpaired) electrons. The molecule has 106 valence electrons. The molecule has 0 amide bonds. The molecular weight excluding hydrogens is 298 g/mol. The van der Waals surface area contributed by atoms with Gasteiger partial charge in [-0.1, -0.05) is 0 Å². The van der Waals surface area contributed by atoms with Gasteiger partial charge in [-0.05, 0) is 11.6 Å². The molecule has 1 aliphatic heterocycles. The summed E-state index contributed by atoms with van der Waals surface area (Å²) < 4.78 is 0. The fourth-order valence-electron chi connectivity index (χ4n) is 2.06. The van der Waals surface area contributed by atoms with Crippen molar-refractivity contribution >= 4 is 40.0 Å². The number of nitrogens with one attached hydrogen (secondary N) is 1. The number of piperazine rings is 1. The fourth-order valence-corrected chi connectivity index (χ4v) is 2.92. The molecule has 0 aromatic carbocycles. The van der Waals surface area contributed by atoms with E-state index in [1.54, 1.807) is 18.4 Å². The van der Waals surface area contributed by atoms with Gasteiger partial charge < -0.3 is 15.1 Å².